The van der Waals surface area contributed by atoms with Crippen LogP contribution in [-0.2, 0) is 7.05 Å². The van der Waals surface area contributed by atoms with E-state index in [4.69, 9.17) is 0 Å². The van der Waals surface area contributed by atoms with E-state index in [9.17, 15) is 9.18 Å². The minimum absolute atomic E-state index is 0.178. The third-order valence-corrected chi connectivity index (χ3v) is 4.74. The molecule has 0 saturated heterocycles. The number of hydrogen-bond acceptors (Lipinski definition) is 7. The van der Waals surface area contributed by atoms with Crippen LogP contribution in [0, 0.1) is 5.82 Å². The summed E-state index contributed by atoms with van der Waals surface area (Å²) in [6.07, 6.45) is 1.60. The van der Waals surface area contributed by atoms with Crippen LogP contribution in [0.25, 0.3) is 0 Å². The van der Waals surface area contributed by atoms with Gasteiger partial charge in [-0.2, -0.15) is 0 Å². The first kappa shape index (κ1) is 15.6. The molecular weight excluding hydrogens is 337 g/mol. The van der Waals surface area contributed by atoms with Crippen LogP contribution >= 0.6 is 23.5 Å². The van der Waals surface area contributed by atoms with Gasteiger partial charge in [-0.15, -0.1) is 5.10 Å². The highest BCUT2D eigenvalue weighted by molar-refractivity contribution is 8.14. The lowest BCUT2D eigenvalue weighted by Crippen LogP contribution is -2.00. The van der Waals surface area contributed by atoms with Gasteiger partial charge in [0, 0.05) is 18.1 Å². The number of thioether (sulfide) groups is 1. The molecule has 0 aliphatic carbocycles. The molecule has 2 heterocycles. The average molecular weight is 347 g/mol. The maximum Gasteiger partial charge on any atom is 0.226 e. The van der Waals surface area contributed by atoms with Gasteiger partial charge in [-0.05, 0) is 70.3 Å². The van der Waals surface area contributed by atoms with Crippen LogP contribution in [0.2, 0.25) is 0 Å². The van der Waals surface area contributed by atoms with E-state index in [1.807, 2.05) is 0 Å². The van der Waals surface area contributed by atoms with Crippen molar-refractivity contribution in [2.45, 2.75) is 15.1 Å². The summed E-state index contributed by atoms with van der Waals surface area (Å²) in [5.41, 5.74) is 0.454. The summed E-state index contributed by atoms with van der Waals surface area (Å²) in [7, 11) is 1.71. The fourth-order valence-electron chi connectivity index (χ4n) is 1.69. The quantitative estimate of drug-likeness (QED) is 0.672. The Labute approximate surface area is 139 Å². The van der Waals surface area contributed by atoms with E-state index in [1.165, 1.54) is 28.6 Å². The van der Waals surface area contributed by atoms with Crippen LogP contribution in [0.4, 0.5) is 4.39 Å². The highest BCUT2D eigenvalue weighted by Gasteiger charge is 2.17. The normalized spacial score (nSPS) is 10.7. The number of benzene rings is 1. The Morgan fingerprint density at radius 2 is 2.00 bits per heavy atom. The van der Waals surface area contributed by atoms with E-state index in [1.54, 1.807) is 37.5 Å². The summed E-state index contributed by atoms with van der Waals surface area (Å²) in [4.78, 5) is 17.4. The summed E-state index contributed by atoms with van der Waals surface area (Å²) < 4.78 is 14.4. The van der Waals surface area contributed by atoms with E-state index < -0.39 is 0 Å². The summed E-state index contributed by atoms with van der Waals surface area (Å²) in [5.74, 6) is -0.339. The maximum absolute atomic E-state index is 12.9. The van der Waals surface area contributed by atoms with Crippen molar-refractivity contribution in [3.8, 4) is 0 Å². The molecule has 0 unspecified atom stereocenters. The predicted molar refractivity (Wildman–Crippen MR) is 83.7 cm³/mol. The van der Waals surface area contributed by atoms with Gasteiger partial charge in [-0.1, -0.05) is 0 Å². The van der Waals surface area contributed by atoms with Crippen molar-refractivity contribution in [3.63, 3.8) is 0 Å². The molecule has 116 valence electrons. The molecule has 0 amide bonds. The van der Waals surface area contributed by atoms with Crippen LogP contribution in [0.5, 0.6) is 0 Å². The largest absolute Gasteiger partial charge is 0.281 e. The third kappa shape index (κ3) is 3.74. The molecule has 2 aromatic heterocycles. The second kappa shape index (κ2) is 6.88. The van der Waals surface area contributed by atoms with Gasteiger partial charge in [0.1, 0.15) is 10.8 Å². The fraction of sp³-hybridized carbons (Fsp3) is 0.0714. The molecule has 0 aliphatic rings. The lowest BCUT2D eigenvalue weighted by Gasteiger charge is -2.06. The predicted octanol–water partition coefficient (Wildman–Crippen LogP) is 2.83. The Kier molecular flexibility index (Phi) is 4.68. The van der Waals surface area contributed by atoms with E-state index in [0.29, 0.717) is 20.6 Å². The molecule has 0 spiro atoms. The molecule has 0 bridgehead atoms. The van der Waals surface area contributed by atoms with Gasteiger partial charge < -0.3 is 0 Å². The first-order chi connectivity index (χ1) is 11.1. The molecule has 1 aromatic carbocycles. The van der Waals surface area contributed by atoms with E-state index in [0.717, 1.165) is 11.8 Å². The van der Waals surface area contributed by atoms with Crippen LogP contribution in [0.1, 0.15) is 10.4 Å². The number of carbonyl (C=O) groups excluding carboxylic acids is 1. The van der Waals surface area contributed by atoms with Crippen LogP contribution in [0.15, 0.2) is 57.7 Å². The molecule has 3 aromatic rings. The summed E-state index contributed by atoms with van der Waals surface area (Å²) in [5, 5.41) is 12.0. The fourth-order valence-corrected chi connectivity index (χ4v) is 3.32. The number of aryl methyl sites for hydroxylation is 1. The number of hydrogen-bond donors (Lipinski definition) is 0. The van der Waals surface area contributed by atoms with Gasteiger partial charge in [-0.25, -0.2) is 14.1 Å². The molecule has 6 nitrogen and oxygen atoms in total. The molecule has 0 fully saturated rings. The van der Waals surface area contributed by atoms with Crippen LogP contribution < -0.4 is 0 Å². The number of aromatic nitrogens is 5. The first-order valence-corrected chi connectivity index (χ1v) is 8.10. The monoisotopic (exact) mass is 347 g/mol. The Hall–Kier alpha value is -2.26. The lowest BCUT2D eigenvalue weighted by atomic mass is 10.3. The Bertz CT molecular complexity index is 837. The Morgan fingerprint density at radius 1 is 1.22 bits per heavy atom. The maximum atomic E-state index is 12.9. The van der Waals surface area contributed by atoms with E-state index in [-0.39, 0.29) is 10.9 Å². The number of rotatable bonds is 4. The van der Waals surface area contributed by atoms with Crippen molar-refractivity contribution in [3.05, 3.63) is 54.0 Å². The second-order valence-electron chi connectivity index (χ2n) is 4.39. The topological polar surface area (TPSA) is 73.6 Å². The van der Waals surface area contributed by atoms with E-state index in [2.05, 4.69) is 20.5 Å². The summed E-state index contributed by atoms with van der Waals surface area (Å²) in [6.45, 7) is 0. The number of halogens is 1. The molecule has 0 radical (unpaired) electrons. The van der Waals surface area contributed by atoms with E-state index >= 15 is 0 Å². The molecule has 0 atom stereocenters. The molecule has 23 heavy (non-hydrogen) atoms. The van der Waals surface area contributed by atoms with Gasteiger partial charge in [0.05, 0.1) is 5.56 Å². The van der Waals surface area contributed by atoms with Gasteiger partial charge in [0.15, 0.2) is 0 Å². The molecule has 9 heteroatoms. The third-order valence-electron chi connectivity index (χ3n) is 2.78. The van der Waals surface area contributed by atoms with Crippen LogP contribution in [-0.4, -0.2) is 30.3 Å². The van der Waals surface area contributed by atoms with Gasteiger partial charge in [0.2, 0.25) is 10.3 Å². The van der Waals surface area contributed by atoms with Gasteiger partial charge in [-0.3, -0.25) is 4.79 Å². The van der Waals surface area contributed by atoms with Crippen molar-refractivity contribution in [1.82, 2.24) is 25.2 Å². The number of nitrogens with zero attached hydrogens (tertiary/aromatic N) is 5. The minimum Gasteiger partial charge on any atom is -0.281 e. The minimum atomic E-state index is -0.339. The first-order valence-electron chi connectivity index (χ1n) is 6.46. The molecule has 0 N–H and O–H groups in total. The average Bonchev–Trinajstić information content (AvgIpc) is 2.95. The zero-order valence-corrected chi connectivity index (χ0v) is 13.5. The van der Waals surface area contributed by atoms with Crippen molar-refractivity contribution in [2.75, 3.05) is 0 Å². The molecule has 0 aliphatic heterocycles. The SMILES string of the molecule is Cn1nnnc1Sc1ncccc1C(=O)Sc1ccc(F)cc1. The highest BCUT2D eigenvalue weighted by atomic mass is 32.2. The summed E-state index contributed by atoms with van der Waals surface area (Å²) in [6, 6.07) is 9.15. The second-order valence-corrected chi connectivity index (χ2v) is 6.39. The van der Waals surface area contributed by atoms with Crippen molar-refractivity contribution < 1.29 is 9.18 Å². The molecule has 3 rings (SSSR count). The van der Waals surface area contributed by atoms with Crippen molar-refractivity contribution in [2.24, 2.45) is 7.05 Å². The lowest BCUT2D eigenvalue weighted by molar-refractivity contribution is 0.108. The molecule has 0 saturated carbocycles. The van der Waals surface area contributed by atoms with Crippen molar-refractivity contribution in [1.29, 1.82) is 0 Å². The molecular formula is C14H10FN5OS2. The van der Waals surface area contributed by atoms with Gasteiger partial charge >= 0.3 is 0 Å². The van der Waals surface area contributed by atoms with Crippen molar-refractivity contribution >= 4 is 28.6 Å². The number of tetrazole rings is 1. The number of pyridine rings is 1. The zero-order chi connectivity index (χ0) is 16.2. The summed E-state index contributed by atoms with van der Waals surface area (Å²) >= 11 is 2.23. The smallest absolute Gasteiger partial charge is 0.226 e. The number of carbonyl (C=O) groups is 1. The Balaban J connectivity index is 1.83. The van der Waals surface area contributed by atoms with Gasteiger partial charge in [0.25, 0.3) is 0 Å². The Morgan fingerprint density at radius 3 is 2.70 bits per heavy atom. The highest BCUT2D eigenvalue weighted by Crippen LogP contribution is 2.30. The van der Waals surface area contributed by atoms with Crippen LogP contribution in [0.3, 0.4) is 0 Å². The zero-order valence-electron chi connectivity index (χ0n) is 11.9. The standard InChI is InChI=1S/C14H10FN5OS2/c1-20-14(17-18-19-20)23-12-11(3-2-8-16-12)13(21)22-10-6-4-9(15)5-7-10/h2-8H,1H3.